The van der Waals surface area contributed by atoms with E-state index in [1.165, 1.54) is 12.0 Å². The van der Waals surface area contributed by atoms with Crippen molar-refractivity contribution in [1.82, 2.24) is 9.88 Å². The van der Waals surface area contributed by atoms with Gasteiger partial charge >= 0.3 is 0 Å². The highest BCUT2D eigenvalue weighted by Crippen LogP contribution is 2.42. The van der Waals surface area contributed by atoms with Gasteiger partial charge in [-0.15, -0.1) is 0 Å². The summed E-state index contributed by atoms with van der Waals surface area (Å²) in [6.07, 6.45) is 3.20. The van der Waals surface area contributed by atoms with Crippen LogP contribution in [0, 0.1) is 6.92 Å². The first-order chi connectivity index (χ1) is 16.0. The molecule has 0 spiro atoms. The minimum absolute atomic E-state index is 0.00759. The number of Topliss-reactive ketones (excluding diaryl/α,β-unsaturated/α-hetero) is 1. The van der Waals surface area contributed by atoms with Crippen molar-refractivity contribution in [3.8, 4) is 11.5 Å². The van der Waals surface area contributed by atoms with E-state index in [-0.39, 0.29) is 17.9 Å². The number of nitrogens with zero attached hydrogens (tertiary/aromatic N) is 2. The van der Waals surface area contributed by atoms with E-state index in [1.54, 1.807) is 49.8 Å². The number of ketones is 1. The number of ether oxygens (including phenoxy) is 2. The lowest BCUT2D eigenvalue weighted by Gasteiger charge is -2.26. The molecule has 2 heterocycles. The lowest BCUT2D eigenvalue weighted by molar-refractivity contribution is -0.140. The van der Waals surface area contributed by atoms with Crippen molar-refractivity contribution in [3.05, 3.63) is 94.8 Å². The average Bonchev–Trinajstić information content (AvgIpc) is 3.09. The maximum Gasteiger partial charge on any atom is 0.295 e. The Bertz CT molecular complexity index is 1240. The fourth-order valence-corrected chi connectivity index (χ4v) is 4.10. The van der Waals surface area contributed by atoms with Crippen LogP contribution >= 0.6 is 0 Å². The first-order valence-electron chi connectivity index (χ1n) is 10.4. The first kappa shape index (κ1) is 22.1. The Morgan fingerprint density at radius 3 is 2.48 bits per heavy atom. The van der Waals surface area contributed by atoms with E-state index in [0.717, 1.165) is 11.1 Å². The number of aliphatic hydroxyl groups excluding tert-OH is 1. The number of methoxy groups -OCH3 is 2. The number of pyridine rings is 1. The molecule has 168 valence electrons. The van der Waals surface area contributed by atoms with Crippen LogP contribution in [0.2, 0.25) is 0 Å². The molecule has 0 aliphatic carbocycles. The summed E-state index contributed by atoms with van der Waals surface area (Å²) in [5, 5.41) is 11.3. The third-order valence-corrected chi connectivity index (χ3v) is 5.68. The zero-order valence-electron chi connectivity index (χ0n) is 18.6. The molecule has 1 N–H and O–H groups in total. The Morgan fingerprint density at radius 2 is 1.79 bits per heavy atom. The molecule has 1 aliphatic heterocycles. The second-order valence-corrected chi connectivity index (χ2v) is 7.73. The quantitative estimate of drug-likeness (QED) is 0.351. The number of carbonyl (C=O) groups is 2. The summed E-state index contributed by atoms with van der Waals surface area (Å²) in [4.78, 5) is 32.0. The number of aromatic nitrogens is 1. The number of aliphatic hydroxyl groups is 1. The smallest absolute Gasteiger partial charge is 0.295 e. The number of hydrogen-bond donors (Lipinski definition) is 1. The molecule has 0 bridgehead atoms. The molecule has 1 aliphatic rings. The van der Waals surface area contributed by atoms with Gasteiger partial charge in [0.25, 0.3) is 11.7 Å². The number of carbonyl (C=O) groups excluding carboxylic acids is 2. The van der Waals surface area contributed by atoms with Crippen LogP contribution in [0.3, 0.4) is 0 Å². The second kappa shape index (κ2) is 9.16. The van der Waals surface area contributed by atoms with Gasteiger partial charge in [0.1, 0.15) is 17.3 Å². The molecule has 7 heteroatoms. The van der Waals surface area contributed by atoms with E-state index in [2.05, 4.69) is 4.98 Å². The van der Waals surface area contributed by atoms with Crippen LogP contribution in [0.5, 0.6) is 11.5 Å². The SMILES string of the molecule is COc1ccccc1CN1C(=O)C(=O)/C(=C(/O)c2cc(C)ccc2OC)C1c1cccnc1. The lowest BCUT2D eigenvalue weighted by Crippen LogP contribution is -2.29. The van der Waals surface area contributed by atoms with Gasteiger partial charge in [-0.25, -0.2) is 0 Å². The van der Waals surface area contributed by atoms with Gasteiger partial charge in [-0.3, -0.25) is 14.6 Å². The normalized spacial score (nSPS) is 17.3. The van der Waals surface area contributed by atoms with E-state index >= 15 is 0 Å². The van der Waals surface area contributed by atoms with Gasteiger partial charge in [-0.05, 0) is 36.8 Å². The Kier molecular flexibility index (Phi) is 6.13. The van der Waals surface area contributed by atoms with Gasteiger partial charge in [-0.1, -0.05) is 35.9 Å². The third-order valence-electron chi connectivity index (χ3n) is 5.68. The summed E-state index contributed by atoms with van der Waals surface area (Å²) in [5.41, 5.74) is 2.57. The van der Waals surface area contributed by atoms with Gasteiger partial charge < -0.3 is 19.5 Å². The summed E-state index contributed by atoms with van der Waals surface area (Å²) in [6, 6.07) is 15.3. The van der Waals surface area contributed by atoms with Crippen molar-refractivity contribution >= 4 is 17.4 Å². The van der Waals surface area contributed by atoms with Crippen molar-refractivity contribution in [2.45, 2.75) is 19.5 Å². The van der Waals surface area contributed by atoms with E-state index < -0.39 is 17.7 Å². The lowest BCUT2D eigenvalue weighted by atomic mass is 9.95. The minimum Gasteiger partial charge on any atom is -0.507 e. The molecule has 7 nitrogen and oxygen atoms in total. The fourth-order valence-electron chi connectivity index (χ4n) is 4.10. The van der Waals surface area contributed by atoms with Crippen molar-refractivity contribution < 1.29 is 24.2 Å². The Hall–Kier alpha value is -4.13. The van der Waals surface area contributed by atoms with Crippen LogP contribution in [-0.2, 0) is 16.1 Å². The molecular formula is C26H24N2O5. The number of likely N-dealkylation sites (tertiary alicyclic amines) is 1. The van der Waals surface area contributed by atoms with Gasteiger partial charge in [0.15, 0.2) is 0 Å². The Labute approximate surface area is 191 Å². The third kappa shape index (κ3) is 4.05. The highest BCUT2D eigenvalue weighted by molar-refractivity contribution is 6.46. The van der Waals surface area contributed by atoms with Crippen LogP contribution in [0.4, 0.5) is 0 Å². The van der Waals surface area contributed by atoms with Crippen LogP contribution in [0.15, 0.2) is 72.6 Å². The van der Waals surface area contributed by atoms with E-state index in [4.69, 9.17) is 9.47 Å². The summed E-state index contributed by atoms with van der Waals surface area (Å²) >= 11 is 0. The summed E-state index contributed by atoms with van der Waals surface area (Å²) in [6.45, 7) is 1.99. The van der Waals surface area contributed by atoms with E-state index in [0.29, 0.717) is 22.6 Å². The topological polar surface area (TPSA) is 89.0 Å². The van der Waals surface area contributed by atoms with Gasteiger partial charge in [0, 0.05) is 18.0 Å². The van der Waals surface area contributed by atoms with Crippen molar-refractivity contribution in [1.29, 1.82) is 0 Å². The molecule has 0 radical (unpaired) electrons. The Morgan fingerprint density at radius 1 is 1.03 bits per heavy atom. The number of amides is 1. The number of para-hydroxylation sites is 1. The molecule has 4 rings (SSSR count). The number of hydrogen-bond acceptors (Lipinski definition) is 6. The van der Waals surface area contributed by atoms with Crippen LogP contribution < -0.4 is 9.47 Å². The van der Waals surface area contributed by atoms with Crippen LogP contribution in [0.25, 0.3) is 5.76 Å². The number of aryl methyl sites for hydroxylation is 1. The Balaban J connectivity index is 1.90. The monoisotopic (exact) mass is 444 g/mol. The van der Waals surface area contributed by atoms with E-state index in [1.807, 2.05) is 31.2 Å². The van der Waals surface area contributed by atoms with Crippen molar-refractivity contribution in [3.63, 3.8) is 0 Å². The predicted octanol–water partition coefficient (Wildman–Crippen LogP) is 4.03. The van der Waals surface area contributed by atoms with Gasteiger partial charge in [-0.2, -0.15) is 0 Å². The zero-order chi connectivity index (χ0) is 23.5. The highest BCUT2D eigenvalue weighted by atomic mass is 16.5. The summed E-state index contributed by atoms with van der Waals surface area (Å²) < 4.78 is 10.8. The summed E-state index contributed by atoms with van der Waals surface area (Å²) in [5.74, 6) is -0.753. The van der Waals surface area contributed by atoms with Crippen LogP contribution in [-0.4, -0.2) is 40.9 Å². The highest BCUT2D eigenvalue weighted by Gasteiger charge is 2.46. The molecule has 3 aromatic rings. The molecule has 33 heavy (non-hydrogen) atoms. The minimum atomic E-state index is -0.825. The second-order valence-electron chi connectivity index (χ2n) is 7.73. The van der Waals surface area contributed by atoms with Gasteiger partial charge in [0.2, 0.25) is 0 Å². The fraction of sp³-hybridized carbons (Fsp3) is 0.192. The first-order valence-corrected chi connectivity index (χ1v) is 10.4. The van der Waals surface area contributed by atoms with Crippen LogP contribution in [0.1, 0.15) is 28.3 Å². The molecule has 1 aromatic heterocycles. The molecular weight excluding hydrogens is 420 g/mol. The zero-order valence-corrected chi connectivity index (χ0v) is 18.6. The average molecular weight is 444 g/mol. The predicted molar refractivity (Wildman–Crippen MR) is 123 cm³/mol. The molecule has 1 amide bonds. The van der Waals surface area contributed by atoms with E-state index in [9.17, 15) is 14.7 Å². The number of benzene rings is 2. The van der Waals surface area contributed by atoms with Gasteiger partial charge in [0.05, 0.1) is 37.9 Å². The standard InChI is InChI=1S/C26H24N2O5/c1-16-10-11-21(33-3)19(13-16)24(29)22-23(17-8-6-12-27-14-17)28(26(31)25(22)30)15-18-7-4-5-9-20(18)32-2/h4-14,23,29H,15H2,1-3H3/b24-22+. The maximum atomic E-state index is 13.2. The number of rotatable bonds is 6. The molecule has 1 unspecified atom stereocenters. The largest absolute Gasteiger partial charge is 0.507 e. The molecule has 1 fully saturated rings. The molecule has 0 saturated carbocycles. The molecule has 1 atom stereocenters. The van der Waals surface area contributed by atoms with Crippen molar-refractivity contribution in [2.75, 3.05) is 14.2 Å². The van der Waals surface area contributed by atoms with Crippen molar-refractivity contribution in [2.24, 2.45) is 0 Å². The maximum absolute atomic E-state index is 13.2. The molecule has 2 aromatic carbocycles. The molecule has 1 saturated heterocycles. The summed E-state index contributed by atoms with van der Waals surface area (Å²) in [7, 11) is 3.04.